The summed E-state index contributed by atoms with van der Waals surface area (Å²) in [6.45, 7) is 5.80. The Kier molecular flexibility index (Phi) is 4.35. The lowest BCUT2D eigenvalue weighted by Gasteiger charge is -2.43. The molecule has 3 heteroatoms. The quantitative estimate of drug-likeness (QED) is 0.672. The van der Waals surface area contributed by atoms with Crippen molar-refractivity contribution >= 4 is 0 Å². The van der Waals surface area contributed by atoms with E-state index in [4.69, 9.17) is 5.11 Å². The van der Waals surface area contributed by atoms with Gasteiger partial charge in [0.25, 0.3) is 0 Å². The Balaban J connectivity index is 2.53. The van der Waals surface area contributed by atoms with Crippen LogP contribution in [0.3, 0.4) is 0 Å². The predicted molar refractivity (Wildman–Crippen MR) is 56.9 cm³/mol. The van der Waals surface area contributed by atoms with Crippen LogP contribution in [-0.2, 0) is 0 Å². The first-order chi connectivity index (χ1) is 6.62. The molecule has 0 aliphatic heterocycles. The average Bonchev–Trinajstić information content (AvgIpc) is 2.19. The van der Waals surface area contributed by atoms with Crippen molar-refractivity contribution in [3.05, 3.63) is 0 Å². The molecule has 0 aromatic rings. The van der Waals surface area contributed by atoms with Crippen LogP contribution in [0.2, 0.25) is 0 Å². The third-order valence-electron chi connectivity index (χ3n) is 3.42. The zero-order valence-corrected chi connectivity index (χ0v) is 9.37. The van der Waals surface area contributed by atoms with Gasteiger partial charge in [-0.15, -0.1) is 0 Å². The molecule has 0 unspecified atom stereocenters. The van der Waals surface area contributed by atoms with Crippen LogP contribution in [0.4, 0.5) is 0 Å². The fourth-order valence-electron chi connectivity index (χ4n) is 2.32. The van der Waals surface area contributed by atoms with Crippen molar-refractivity contribution in [2.24, 2.45) is 5.92 Å². The molecule has 0 aromatic carbocycles. The molecule has 0 spiro atoms. The highest BCUT2D eigenvalue weighted by Gasteiger charge is 2.36. The summed E-state index contributed by atoms with van der Waals surface area (Å²) in [5.41, 5.74) is -0.649. The lowest BCUT2D eigenvalue weighted by atomic mass is 9.84. The number of hydrogen-bond donors (Lipinski definition) is 2. The van der Waals surface area contributed by atoms with E-state index in [9.17, 15) is 5.11 Å². The van der Waals surface area contributed by atoms with Gasteiger partial charge in [-0.1, -0.05) is 13.8 Å². The third-order valence-corrected chi connectivity index (χ3v) is 3.42. The number of aliphatic hydroxyl groups excluding tert-OH is 1. The molecule has 1 aliphatic rings. The molecule has 0 heterocycles. The third kappa shape index (κ3) is 2.69. The highest BCUT2D eigenvalue weighted by Crippen LogP contribution is 2.33. The minimum Gasteiger partial charge on any atom is -0.395 e. The van der Waals surface area contributed by atoms with Crippen molar-refractivity contribution in [1.29, 1.82) is 0 Å². The number of nitrogens with zero attached hydrogens (tertiary/aromatic N) is 1. The van der Waals surface area contributed by atoms with Gasteiger partial charge >= 0.3 is 0 Å². The van der Waals surface area contributed by atoms with Gasteiger partial charge in [-0.25, -0.2) is 0 Å². The zero-order valence-electron chi connectivity index (χ0n) is 9.37. The smallest absolute Gasteiger partial charge is 0.118 e. The van der Waals surface area contributed by atoms with E-state index >= 15 is 0 Å². The van der Waals surface area contributed by atoms with Gasteiger partial charge in [-0.3, -0.25) is 4.90 Å². The van der Waals surface area contributed by atoms with E-state index in [2.05, 4.69) is 6.92 Å². The maximum absolute atomic E-state index is 10.4. The molecule has 0 saturated heterocycles. The zero-order chi connectivity index (χ0) is 10.6. The topological polar surface area (TPSA) is 43.7 Å². The van der Waals surface area contributed by atoms with Gasteiger partial charge in [0, 0.05) is 6.54 Å². The summed E-state index contributed by atoms with van der Waals surface area (Å²) < 4.78 is 0. The Labute approximate surface area is 86.7 Å². The molecule has 0 aromatic heterocycles. The number of rotatable bonds is 4. The first-order valence-electron chi connectivity index (χ1n) is 5.70. The summed E-state index contributed by atoms with van der Waals surface area (Å²) in [4.78, 5) is 2.00. The minimum atomic E-state index is -0.649. The van der Waals surface area contributed by atoms with E-state index < -0.39 is 5.72 Å². The van der Waals surface area contributed by atoms with Crippen molar-refractivity contribution in [1.82, 2.24) is 4.90 Å². The van der Waals surface area contributed by atoms with Gasteiger partial charge in [-0.05, 0) is 38.1 Å². The lowest BCUT2D eigenvalue weighted by Crippen LogP contribution is -2.51. The van der Waals surface area contributed by atoms with Crippen molar-refractivity contribution in [2.45, 2.75) is 45.3 Å². The Morgan fingerprint density at radius 1 is 1.36 bits per heavy atom. The van der Waals surface area contributed by atoms with Gasteiger partial charge in [0.1, 0.15) is 5.72 Å². The van der Waals surface area contributed by atoms with Crippen LogP contribution in [0, 0.1) is 5.92 Å². The Hall–Kier alpha value is -0.120. The van der Waals surface area contributed by atoms with Gasteiger partial charge < -0.3 is 10.2 Å². The van der Waals surface area contributed by atoms with E-state index in [0.717, 1.165) is 38.1 Å². The van der Waals surface area contributed by atoms with Gasteiger partial charge in [0.2, 0.25) is 0 Å². The van der Waals surface area contributed by atoms with Crippen LogP contribution in [0.15, 0.2) is 0 Å². The molecule has 2 N–H and O–H groups in total. The molecule has 0 atom stereocenters. The summed E-state index contributed by atoms with van der Waals surface area (Å²) in [7, 11) is 0. The normalized spacial score (nSPS) is 33.6. The summed E-state index contributed by atoms with van der Waals surface area (Å²) in [6.07, 6.45) is 3.89. The standard InChI is InChI=1S/C11H23NO2/c1-3-12(8-9-13)11(14)6-4-10(2)5-7-11/h10,13-14H,3-9H2,1-2H3. The second-order valence-corrected chi connectivity index (χ2v) is 4.47. The van der Waals surface area contributed by atoms with Crippen LogP contribution >= 0.6 is 0 Å². The van der Waals surface area contributed by atoms with E-state index in [0.29, 0.717) is 6.54 Å². The molecule has 1 rings (SSSR count). The second-order valence-electron chi connectivity index (χ2n) is 4.47. The van der Waals surface area contributed by atoms with Crippen molar-refractivity contribution in [3.63, 3.8) is 0 Å². The highest BCUT2D eigenvalue weighted by atomic mass is 16.3. The summed E-state index contributed by atoms with van der Waals surface area (Å²) >= 11 is 0. The second kappa shape index (κ2) is 5.10. The Morgan fingerprint density at radius 3 is 2.36 bits per heavy atom. The molecule has 0 radical (unpaired) electrons. The summed E-state index contributed by atoms with van der Waals surface area (Å²) in [5, 5.41) is 19.3. The van der Waals surface area contributed by atoms with E-state index in [1.54, 1.807) is 0 Å². The Bertz CT molecular complexity index is 165. The first kappa shape index (κ1) is 12.0. The molecular weight excluding hydrogens is 178 g/mol. The van der Waals surface area contributed by atoms with Crippen molar-refractivity contribution < 1.29 is 10.2 Å². The van der Waals surface area contributed by atoms with Gasteiger partial charge in [-0.2, -0.15) is 0 Å². The molecule has 3 nitrogen and oxygen atoms in total. The number of aliphatic hydroxyl groups is 2. The SMILES string of the molecule is CCN(CCO)C1(O)CCC(C)CC1. The summed E-state index contributed by atoms with van der Waals surface area (Å²) in [5.74, 6) is 0.739. The largest absolute Gasteiger partial charge is 0.395 e. The van der Waals surface area contributed by atoms with Gasteiger partial charge in [0.15, 0.2) is 0 Å². The average molecular weight is 201 g/mol. The molecule has 14 heavy (non-hydrogen) atoms. The van der Waals surface area contributed by atoms with Crippen LogP contribution in [0.25, 0.3) is 0 Å². The molecule has 1 fully saturated rings. The lowest BCUT2D eigenvalue weighted by molar-refractivity contribution is -0.139. The van der Waals surface area contributed by atoms with E-state index in [1.165, 1.54) is 0 Å². The maximum Gasteiger partial charge on any atom is 0.118 e. The summed E-state index contributed by atoms with van der Waals surface area (Å²) in [6, 6.07) is 0. The van der Waals surface area contributed by atoms with Crippen LogP contribution < -0.4 is 0 Å². The molecule has 1 aliphatic carbocycles. The molecule has 0 bridgehead atoms. The van der Waals surface area contributed by atoms with E-state index in [-0.39, 0.29) is 6.61 Å². The highest BCUT2D eigenvalue weighted by molar-refractivity contribution is 4.84. The molecule has 1 saturated carbocycles. The molecular formula is C11H23NO2. The molecule has 84 valence electrons. The van der Waals surface area contributed by atoms with Crippen LogP contribution in [0.5, 0.6) is 0 Å². The first-order valence-corrected chi connectivity index (χ1v) is 5.70. The fraction of sp³-hybridized carbons (Fsp3) is 1.00. The fourth-order valence-corrected chi connectivity index (χ4v) is 2.32. The monoisotopic (exact) mass is 201 g/mol. The predicted octanol–water partition coefficient (Wildman–Crippen LogP) is 1.20. The Morgan fingerprint density at radius 2 is 1.93 bits per heavy atom. The maximum atomic E-state index is 10.4. The number of likely N-dealkylation sites (N-methyl/N-ethyl adjacent to an activating group) is 1. The number of hydrogen-bond acceptors (Lipinski definition) is 3. The van der Waals surface area contributed by atoms with E-state index in [1.807, 2.05) is 11.8 Å². The van der Waals surface area contributed by atoms with Gasteiger partial charge in [0.05, 0.1) is 6.61 Å². The van der Waals surface area contributed by atoms with Crippen molar-refractivity contribution in [3.8, 4) is 0 Å². The van der Waals surface area contributed by atoms with Crippen LogP contribution in [-0.4, -0.2) is 40.5 Å². The van der Waals surface area contributed by atoms with Crippen molar-refractivity contribution in [2.75, 3.05) is 19.7 Å². The van der Waals surface area contributed by atoms with Crippen LogP contribution in [0.1, 0.15) is 39.5 Å². The minimum absolute atomic E-state index is 0.131. The molecule has 0 amide bonds.